The molecule has 0 aliphatic carbocycles. The van der Waals surface area contributed by atoms with Crippen LogP contribution in [0.15, 0.2) is 65.6 Å². The van der Waals surface area contributed by atoms with Gasteiger partial charge >= 0.3 is 0 Å². The van der Waals surface area contributed by atoms with Crippen LogP contribution in [-0.2, 0) is 4.74 Å². The molecule has 1 aliphatic rings. The number of piperazine rings is 1. The number of para-hydroxylation sites is 1. The smallest absolute Gasteiger partial charge is 0.280 e. The van der Waals surface area contributed by atoms with E-state index < -0.39 is 0 Å². The van der Waals surface area contributed by atoms with Gasteiger partial charge in [0.1, 0.15) is 0 Å². The van der Waals surface area contributed by atoms with Gasteiger partial charge in [-0.15, -0.1) is 0 Å². The third-order valence-corrected chi connectivity index (χ3v) is 5.63. The average molecular weight is 420 g/mol. The van der Waals surface area contributed by atoms with Crippen molar-refractivity contribution in [2.75, 3.05) is 51.3 Å². The summed E-state index contributed by atoms with van der Waals surface area (Å²) in [4.78, 5) is 22.3. The molecular weight excluding hydrogens is 390 g/mol. The molecule has 0 unspecified atom stereocenters. The number of aryl methyl sites for hydroxylation is 1. The average Bonchev–Trinajstić information content (AvgIpc) is 3.12. The van der Waals surface area contributed by atoms with Crippen molar-refractivity contribution in [2.24, 2.45) is 0 Å². The number of nitrogens with zero attached hydrogens (tertiary/aromatic N) is 4. The van der Waals surface area contributed by atoms with E-state index in [1.165, 1.54) is 0 Å². The lowest BCUT2D eigenvalue weighted by atomic mass is 10.2. The number of nitrogens with one attached hydrogen (secondary N) is 1. The molecule has 0 bridgehead atoms. The van der Waals surface area contributed by atoms with E-state index in [-0.39, 0.29) is 5.56 Å². The van der Waals surface area contributed by atoms with E-state index >= 15 is 0 Å². The van der Waals surface area contributed by atoms with Crippen molar-refractivity contribution in [3.8, 4) is 5.69 Å². The molecule has 1 fully saturated rings. The molecule has 0 spiro atoms. The Balaban J connectivity index is 1.71. The van der Waals surface area contributed by atoms with Gasteiger partial charge < -0.3 is 9.64 Å². The van der Waals surface area contributed by atoms with E-state index in [0.29, 0.717) is 5.39 Å². The molecule has 1 aliphatic heterocycles. The predicted octanol–water partition coefficient (Wildman–Crippen LogP) is 2.92. The van der Waals surface area contributed by atoms with Crippen LogP contribution in [-0.4, -0.2) is 66.1 Å². The minimum Gasteiger partial charge on any atom is -0.383 e. The van der Waals surface area contributed by atoms with Gasteiger partial charge in [0.2, 0.25) is 0 Å². The molecule has 162 valence electrons. The van der Waals surface area contributed by atoms with Crippen molar-refractivity contribution in [3.63, 3.8) is 0 Å². The molecule has 31 heavy (non-hydrogen) atoms. The third-order valence-electron chi connectivity index (χ3n) is 5.63. The summed E-state index contributed by atoms with van der Waals surface area (Å²) < 4.78 is 6.77. The maximum absolute atomic E-state index is 13.0. The summed E-state index contributed by atoms with van der Waals surface area (Å²) in [5.41, 5.74) is 3.40. The highest BCUT2D eigenvalue weighted by Gasteiger charge is 2.16. The quantitative estimate of drug-likeness (QED) is 0.689. The van der Waals surface area contributed by atoms with Crippen LogP contribution in [0, 0.1) is 6.92 Å². The number of benzene rings is 1. The minimum atomic E-state index is -0.111. The van der Waals surface area contributed by atoms with E-state index in [0.717, 1.165) is 61.9 Å². The lowest BCUT2D eigenvalue weighted by Gasteiger charge is -2.35. The molecule has 4 rings (SSSR count). The Bertz CT molecular complexity index is 1130. The Labute approximate surface area is 182 Å². The molecule has 1 N–H and O–H groups in total. The fourth-order valence-electron chi connectivity index (χ4n) is 3.78. The van der Waals surface area contributed by atoms with Crippen molar-refractivity contribution in [1.82, 2.24) is 19.7 Å². The zero-order valence-electron chi connectivity index (χ0n) is 18.1. The summed E-state index contributed by atoms with van der Waals surface area (Å²) in [6, 6.07) is 17.7. The number of hydrogen-bond acceptors (Lipinski definition) is 5. The SMILES string of the molecule is COCCN1CCN(c2ccc(C)ncc3c(=O)n(-c4ccccc4)[nH]c3cc2)CC1. The van der Waals surface area contributed by atoms with E-state index in [4.69, 9.17) is 4.74 Å². The van der Waals surface area contributed by atoms with Gasteiger partial charge in [0.15, 0.2) is 0 Å². The van der Waals surface area contributed by atoms with E-state index in [1.54, 1.807) is 18.0 Å². The Morgan fingerprint density at radius 2 is 1.71 bits per heavy atom. The number of rotatable bonds is 5. The van der Waals surface area contributed by atoms with Crippen LogP contribution >= 0.6 is 0 Å². The lowest BCUT2D eigenvalue weighted by molar-refractivity contribution is 0.144. The van der Waals surface area contributed by atoms with Gasteiger partial charge in [-0.2, -0.15) is 0 Å². The van der Waals surface area contributed by atoms with Crippen molar-refractivity contribution < 1.29 is 4.74 Å². The number of fused-ring (bicyclic) bond motifs is 1. The standard InChI is InChI=1S/C24H29N5O2/c1-19-8-9-20(28-14-12-27(13-15-28)16-17-31-2)10-11-23-22(18-25-19)24(30)29(26-23)21-6-4-3-5-7-21/h3-11,18,26H,12-17H2,1-2H3. The van der Waals surface area contributed by atoms with Crippen LogP contribution in [0.1, 0.15) is 5.69 Å². The second-order valence-corrected chi connectivity index (χ2v) is 7.73. The zero-order chi connectivity index (χ0) is 21.6. The van der Waals surface area contributed by atoms with Crippen LogP contribution < -0.4 is 10.5 Å². The van der Waals surface area contributed by atoms with E-state index in [2.05, 4.69) is 32.0 Å². The largest absolute Gasteiger partial charge is 0.383 e. The van der Waals surface area contributed by atoms with Gasteiger partial charge in [-0.1, -0.05) is 18.2 Å². The van der Waals surface area contributed by atoms with Crippen LogP contribution in [0.2, 0.25) is 0 Å². The van der Waals surface area contributed by atoms with Gasteiger partial charge in [0.05, 0.1) is 23.2 Å². The third kappa shape index (κ3) is 4.95. The van der Waals surface area contributed by atoms with Crippen LogP contribution in [0.4, 0.5) is 5.69 Å². The number of H-pyrrole nitrogens is 1. The molecule has 3 aromatic rings. The molecule has 1 aromatic carbocycles. The molecule has 0 amide bonds. The number of anilines is 1. The molecule has 1 saturated heterocycles. The molecule has 0 radical (unpaired) electrons. The number of aromatic amines is 1. The van der Waals surface area contributed by atoms with E-state index in [1.807, 2.05) is 49.4 Å². The molecule has 7 heteroatoms. The van der Waals surface area contributed by atoms with Crippen LogP contribution in [0.3, 0.4) is 0 Å². The minimum absolute atomic E-state index is 0.111. The second kappa shape index (κ2) is 9.76. The van der Waals surface area contributed by atoms with Crippen molar-refractivity contribution in [3.05, 3.63) is 76.8 Å². The van der Waals surface area contributed by atoms with E-state index in [9.17, 15) is 4.79 Å². The Hall–Kier alpha value is -3.16. The molecule has 0 atom stereocenters. The summed E-state index contributed by atoms with van der Waals surface area (Å²) in [5, 5.41) is 3.80. The fraction of sp³-hybridized carbons (Fsp3) is 0.333. The Kier molecular flexibility index (Phi) is 6.64. The Morgan fingerprint density at radius 3 is 2.45 bits per heavy atom. The van der Waals surface area contributed by atoms with Crippen molar-refractivity contribution in [2.45, 2.75) is 6.92 Å². The molecular formula is C24H29N5O2. The van der Waals surface area contributed by atoms with Gasteiger partial charge in [-0.05, 0) is 43.3 Å². The van der Waals surface area contributed by atoms with Crippen molar-refractivity contribution >= 4 is 16.6 Å². The molecule has 2 aromatic heterocycles. The summed E-state index contributed by atoms with van der Waals surface area (Å²) in [5.74, 6) is 0. The highest BCUT2D eigenvalue weighted by molar-refractivity contribution is 5.77. The number of hydrogen-bond donors (Lipinski definition) is 1. The van der Waals surface area contributed by atoms with Gasteiger partial charge in [-0.25, -0.2) is 4.68 Å². The summed E-state index contributed by atoms with van der Waals surface area (Å²) in [6.45, 7) is 7.57. The monoisotopic (exact) mass is 419 g/mol. The summed E-state index contributed by atoms with van der Waals surface area (Å²) >= 11 is 0. The first-order chi connectivity index (χ1) is 15.2. The Morgan fingerprint density at radius 1 is 0.968 bits per heavy atom. The number of aromatic nitrogens is 3. The van der Waals surface area contributed by atoms with Gasteiger partial charge in [-0.3, -0.25) is 19.8 Å². The van der Waals surface area contributed by atoms with Gasteiger partial charge in [0.25, 0.3) is 5.56 Å². The summed E-state index contributed by atoms with van der Waals surface area (Å²) in [6.07, 6.45) is 1.65. The highest BCUT2D eigenvalue weighted by Crippen LogP contribution is 2.16. The first kappa shape index (κ1) is 21.1. The number of methoxy groups -OCH3 is 1. The zero-order valence-corrected chi connectivity index (χ0v) is 18.1. The maximum Gasteiger partial charge on any atom is 0.280 e. The maximum atomic E-state index is 13.0. The first-order valence-electron chi connectivity index (χ1n) is 10.6. The van der Waals surface area contributed by atoms with Gasteiger partial charge in [0, 0.05) is 57.4 Å². The second-order valence-electron chi connectivity index (χ2n) is 7.73. The fourth-order valence-corrected chi connectivity index (χ4v) is 3.78. The van der Waals surface area contributed by atoms with Crippen molar-refractivity contribution in [1.29, 1.82) is 0 Å². The molecule has 3 heterocycles. The lowest BCUT2D eigenvalue weighted by Crippen LogP contribution is -2.47. The predicted molar refractivity (Wildman–Crippen MR) is 125 cm³/mol. The normalized spacial score (nSPS) is 14.6. The highest BCUT2D eigenvalue weighted by atomic mass is 16.5. The topological polar surface area (TPSA) is 66.4 Å². The van der Waals surface area contributed by atoms with Crippen LogP contribution in [0.25, 0.3) is 16.6 Å². The first-order valence-corrected chi connectivity index (χ1v) is 10.6. The number of ether oxygens (including phenoxy) is 1. The summed E-state index contributed by atoms with van der Waals surface area (Å²) in [7, 11) is 1.74. The van der Waals surface area contributed by atoms with Crippen LogP contribution in [0.5, 0.6) is 0 Å². The molecule has 7 nitrogen and oxygen atoms in total. The molecule has 0 saturated carbocycles.